The number of aromatic nitrogens is 1. The minimum absolute atomic E-state index is 0.0565. The second kappa shape index (κ2) is 10.9. The first kappa shape index (κ1) is 23.9. The average Bonchev–Trinajstić information content (AvgIpc) is 3.25. The van der Waals surface area contributed by atoms with Crippen LogP contribution in [0, 0.1) is 0 Å². The summed E-state index contributed by atoms with van der Waals surface area (Å²) in [4.78, 5) is 10.7. The van der Waals surface area contributed by atoms with Crippen molar-refractivity contribution in [2.75, 3.05) is 33.9 Å². The van der Waals surface area contributed by atoms with Gasteiger partial charge < -0.3 is 24.5 Å². The molecule has 0 saturated carbocycles. The summed E-state index contributed by atoms with van der Waals surface area (Å²) in [5, 5.41) is 11.8. The van der Waals surface area contributed by atoms with Crippen molar-refractivity contribution in [3.05, 3.63) is 83.4 Å². The first-order valence-electron chi connectivity index (χ1n) is 12.6. The van der Waals surface area contributed by atoms with Crippen LogP contribution in [-0.2, 0) is 6.42 Å². The summed E-state index contributed by atoms with van der Waals surface area (Å²) >= 11 is 0. The summed E-state index contributed by atoms with van der Waals surface area (Å²) in [5.41, 5.74) is 5.13. The molecule has 0 unspecified atom stereocenters. The predicted molar refractivity (Wildman–Crippen MR) is 145 cm³/mol. The van der Waals surface area contributed by atoms with Gasteiger partial charge >= 0.3 is 0 Å². The zero-order chi connectivity index (χ0) is 24.9. The van der Waals surface area contributed by atoms with Gasteiger partial charge in [-0.15, -0.1) is 0 Å². The lowest BCUT2D eigenvalue weighted by Crippen LogP contribution is -2.31. The number of methoxy groups -OCH3 is 2. The van der Waals surface area contributed by atoms with Gasteiger partial charge in [-0.05, 0) is 56.1 Å². The van der Waals surface area contributed by atoms with Crippen LogP contribution in [0.15, 0.2) is 71.7 Å². The molecule has 2 heterocycles. The molecule has 1 aliphatic heterocycles. The number of nitrogens with one attached hydrogen (secondary N) is 1. The van der Waals surface area contributed by atoms with E-state index < -0.39 is 0 Å². The number of fused-ring (bicyclic) bond motifs is 1. The Morgan fingerprint density at radius 2 is 1.61 bits per heavy atom. The number of H-pyrrole nitrogens is 1. The fourth-order valence-corrected chi connectivity index (χ4v) is 4.94. The fraction of sp³-hybridized carbons (Fsp3) is 0.300. The van der Waals surface area contributed by atoms with Gasteiger partial charge in [-0.3, -0.25) is 0 Å². The zero-order valence-corrected chi connectivity index (χ0v) is 21.0. The number of hydrogen-bond donors (Lipinski definition) is 2. The molecule has 1 saturated heterocycles. The summed E-state index contributed by atoms with van der Waals surface area (Å²) < 4.78 is 11.0. The van der Waals surface area contributed by atoms with E-state index in [-0.39, 0.29) is 5.88 Å². The number of aromatic hydroxyl groups is 1. The topological polar surface area (TPSA) is 70.1 Å². The third kappa shape index (κ3) is 5.09. The molecule has 6 heteroatoms. The van der Waals surface area contributed by atoms with Crippen LogP contribution < -0.4 is 9.47 Å². The number of piperidine rings is 1. The Balaban J connectivity index is 1.51. The monoisotopic (exact) mass is 483 g/mol. The van der Waals surface area contributed by atoms with Crippen molar-refractivity contribution in [2.45, 2.75) is 25.7 Å². The van der Waals surface area contributed by atoms with E-state index in [0.717, 1.165) is 35.1 Å². The van der Waals surface area contributed by atoms with Gasteiger partial charge in [-0.2, -0.15) is 0 Å². The van der Waals surface area contributed by atoms with Crippen molar-refractivity contribution < 1.29 is 14.6 Å². The van der Waals surface area contributed by atoms with Gasteiger partial charge in [0.15, 0.2) is 17.4 Å². The number of likely N-dealkylation sites (tertiary alicyclic amines) is 1. The van der Waals surface area contributed by atoms with E-state index in [9.17, 15) is 5.11 Å². The summed E-state index contributed by atoms with van der Waals surface area (Å²) in [6.45, 7) is 3.54. The maximum absolute atomic E-state index is 11.0. The normalized spacial score (nSPS) is 14.8. The number of hydrogen-bond acceptors (Lipinski definition) is 5. The summed E-state index contributed by atoms with van der Waals surface area (Å²) in [6.07, 6.45) is 5.03. The Morgan fingerprint density at radius 1 is 0.917 bits per heavy atom. The molecular weight excluding hydrogens is 450 g/mol. The molecular formula is C30H33N3O3. The molecule has 1 fully saturated rings. The van der Waals surface area contributed by atoms with E-state index >= 15 is 0 Å². The van der Waals surface area contributed by atoms with E-state index in [1.54, 1.807) is 14.2 Å². The summed E-state index contributed by atoms with van der Waals surface area (Å²) in [7, 11) is 3.20. The van der Waals surface area contributed by atoms with Gasteiger partial charge in [-0.1, -0.05) is 48.9 Å². The lowest BCUT2D eigenvalue weighted by molar-refractivity contribution is 0.231. The molecule has 0 aliphatic carbocycles. The third-order valence-electron chi connectivity index (χ3n) is 6.91. The first-order valence-corrected chi connectivity index (χ1v) is 12.6. The van der Waals surface area contributed by atoms with Gasteiger partial charge in [0.2, 0.25) is 0 Å². The molecule has 0 amide bonds. The van der Waals surface area contributed by atoms with E-state index in [1.807, 2.05) is 42.5 Å². The van der Waals surface area contributed by atoms with Gasteiger partial charge in [-0.25, -0.2) is 4.99 Å². The summed E-state index contributed by atoms with van der Waals surface area (Å²) in [5.74, 6) is 1.24. The van der Waals surface area contributed by atoms with Crippen molar-refractivity contribution in [1.29, 1.82) is 0 Å². The zero-order valence-electron chi connectivity index (χ0n) is 21.0. The van der Waals surface area contributed by atoms with Gasteiger partial charge in [0.25, 0.3) is 0 Å². The minimum atomic E-state index is 0.0565. The number of aliphatic imine (C=N–C) groups is 1. The standard InChI is InChI=1S/C30H33N3O3/c1-35-26-19-24-25(20-27(26)36-2)32-30(34)28(24)29(22-9-5-3-6-10-22)31-23-13-11-21(12-14-23)15-18-33-16-7-4-8-17-33/h3,5-6,9-14,19-20,32,34H,4,7-8,15-18H2,1-2H3. The Bertz CT molecular complexity index is 1340. The van der Waals surface area contributed by atoms with Gasteiger partial charge in [0, 0.05) is 23.6 Å². The highest BCUT2D eigenvalue weighted by molar-refractivity contribution is 6.22. The van der Waals surface area contributed by atoms with Crippen molar-refractivity contribution >= 4 is 22.3 Å². The quantitative estimate of drug-likeness (QED) is 0.298. The van der Waals surface area contributed by atoms with Crippen LogP contribution in [0.2, 0.25) is 0 Å². The molecule has 5 rings (SSSR count). The molecule has 3 aromatic carbocycles. The number of rotatable bonds is 8. The molecule has 6 nitrogen and oxygen atoms in total. The Hall–Kier alpha value is -3.77. The Morgan fingerprint density at radius 3 is 2.31 bits per heavy atom. The maximum Gasteiger partial charge on any atom is 0.199 e. The third-order valence-corrected chi connectivity index (χ3v) is 6.91. The predicted octanol–water partition coefficient (Wildman–Crippen LogP) is 6.09. The van der Waals surface area contributed by atoms with Crippen LogP contribution in [0.5, 0.6) is 17.4 Å². The van der Waals surface area contributed by atoms with E-state index in [0.29, 0.717) is 22.8 Å². The SMILES string of the molecule is COc1cc2[nH]c(O)c(C(=Nc3ccc(CCN4CCCCC4)cc3)c3ccccc3)c2cc1OC. The van der Waals surface area contributed by atoms with Crippen LogP contribution >= 0.6 is 0 Å². The number of aromatic amines is 1. The first-order chi connectivity index (χ1) is 17.7. The molecule has 0 atom stereocenters. The highest BCUT2D eigenvalue weighted by Crippen LogP contribution is 2.38. The average molecular weight is 484 g/mol. The molecule has 1 aliphatic rings. The molecule has 1 aromatic heterocycles. The van der Waals surface area contributed by atoms with Crippen molar-refractivity contribution in [2.24, 2.45) is 4.99 Å². The minimum Gasteiger partial charge on any atom is -0.494 e. The van der Waals surface area contributed by atoms with Gasteiger partial charge in [0.05, 0.1) is 36.7 Å². The Kier molecular flexibility index (Phi) is 7.23. The highest BCUT2D eigenvalue weighted by atomic mass is 16.5. The van der Waals surface area contributed by atoms with Crippen LogP contribution in [0.25, 0.3) is 10.9 Å². The van der Waals surface area contributed by atoms with Crippen molar-refractivity contribution in [3.8, 4) is 17.4 Å². The molecule has 0 bridgehead atoms. The lowest BCUT2D eigenvalue weighted by Gasteiger charge is -2.26. The molecule has 36 heavy (non-hydrogen) atoms. The lowest BCUT2D eigenvalue weighted by atomic mass is 10.0. The molecule has 0 spiro atoms. The van der Waals surface area contributed by atoms with Crippen LogP contribution in [0.3, 0.4) is 0 Å². The van der Waals surface area contributed by atoms with Crippen molar-refractivity contribution in [3.63, 3.8) is 0 Å². The van der Waals surface area contributed by atoms with E-state index in [1.165, 1.54) is 37.9 Å². The van der Waals surface area contributed by atoms with Crippen molar-refractivity contribution in [1.82, 2.24) is 9.88 Å². The molecule has 186 valence electrons. The summed E-state index contributed by atoms with van der Waals surface area (Å²) in [6, 6.07) is 22.1. The second-order valence-electron chi connectivity index (χ2n) is 9.25. The van der Waals surface area contributed by atoms with Crippen LogP contribution in [0.1, 0.15) is 36.0 Å². The number of nitrogens with zero attached hydrogens (tertiary/aromatic N) is 2. The molecule has 2 N–H and O–H groups in total. The fourth-order valence-electron chi connectivity index (χ4n) is 4.94. The largest absolute Gasteiger partial charge is 0.494 e. The van der Waals surface area contributed by atoms with Crippen LogP contribution in [-0.4, -0.2) is 54.6 Å². The van der Waals surface area contributed by atoms with Gasteiger partial charge in [0.1, 0.15) is 0 Å². The smallest absolute Gasteiger partial charge is 0.199 e. The number of benzene rings is 3. The van der Waals surface area contributed by atoms with E-state index in [4.69, 9.17) is 14.5 Å². The maximum atomic E-state index is 11.0. The molecule has 0 radical (unpaired) electrons. The van der Waals surface area contributed by atoms with E-state index in [2.05, 4.69) is 34.1 Å². The Labute approximate surface area is 212 Å². The second-order valence-corrected chi connectivity index (χ2v) is 9.25. The number of ether oxygens (including phenoxy) is 2. The van der Waals surface area contributed by atoms with Crippen LogP contribution in [0.4, 0.5) is 5.69 Å². The molecule has 4 aromatic rings. The highest BCUT2D eigenvalue weighted by Gasteiger charge is 2.21.